The van der Waals surface area contributed by atoms with Gasteiger partial charge in [-0.05, 0) is 35.6 Å². The van der Waals surface area contributed by atoms with Gasteiger partial charge in [0.15, 0.2) is 5.78 Å². The summed E-state index contributed by atoms with van der Waals surface area (Å²) in [6, 6.07) is 4.04. The van der Waals surface area contributed by atoms with Gasteiger partial charge >= 0.3 is 0 Å². The molecule has 3 nitrogen and oxygen atoms in total. The van der Waals surface area contributed by atoms with E-state index in [4.69, 9.17) is 11.6 Å². The topological polar surface area (TPSA) is 41.5 Å². The number of halogens is 1. The Labute approximate surface area is 142 Å². The third kappa shape index (κ3) is 2.98. The molecule has 0 saturated carbocycles. The van der Waals surface area contributed by atoms with Crippen LogP contribution in [0.2, 0.25) is 5.02 Å². The minimum atomic E-state index is -0.214. The highest BCUT2D eigenvalue weighted by Crippen LogP contribution is 2.34. The second-order valence-electron chi connectivity index (χ2n) is 7.19. The number of aliphatic imine (C=N–C) groups is 1. The summed E-state index contributed by atoms with van der Waals surface area (Å²) in [4.78, 5) is 16.4. The Morgan fingerprint density at radius 1 is 1.26 bits per heavy atom. The number of fused-ring (bicyclic) bond motifs is 1. The van der Waals surface area contributed by atoms with Crippen molar-refractivity contribution in [3.05, 3.63) is 52.2 Å². The monoisotopic (exact) mass is 328 g/mol. The van der Waals surface area contributed by atoms with Gasteiger partial charge in [-0.1, -0.05) is 38.4 Å². The Hall–Kier alpha value is -1.87. The van der Waals surface area contributed by atoms with Crippen molar-refractivity contribution in [1.82, 2.24) is 5.32 Å². The molecular formula is C19H21ClN2O. The van der Waals surface area contributed by atoms with E-state index in [1.807, 2.05) is 12.1 Å². The number of hydrogen-bond donors (Lipinski definition) is 1. The van der Waals surface area contributed by atoms with Gasteiger partial charge in [-0.2, -0.15) is 0 Å². The summed E-state index contributed by atoms with van der Waals surface area (Å²) in [6.45, 7) is 8.49. The van der Waals surface area contributed by atoms with Gasteiger partial charge in [0.25, 0.3) is 0 Å². The highest BCUT2D eigenvalue weighted by molar-refractivity contribution is 6.31. The van der Waals surface area contributed by atoms with Crippen molar-refractivity contribution in [1.29, 1.82) is 0 Å². The maximum absolute atomic E-state index is 12.4. The molecule has 0 amide bonds. The lowest BCUT2D eigenvalue weighted by Gasteiger charge is -2.30. The van der Waals surface area contributed by atoms with Crippen LogP contribution < -0.4 is 5.32 Å². The summed E-state index contributed by atoms with van der Waals surface area (Å²) >= 11 is 6.50. The zero-order chi connectivity index (χ0) is 16.8. The van der Waals surface area contributed by atoms with Gasteiger partial charge in [0, 0.05) is 34.8 Å². The van der Waals surface area contributed by atoms with E-state index in [-0.39, 0.29) is 23.2 Å². The number of hydrogen-bond acceptors (Lipinski definition) is 3. The summed E-state index contributed by atoms with van der Waals surface area (Å²) < 4.78 is 0. The molecule has 2 unspecified atom stereocenters. The summed E-state index contributed by atoms with van der Waals surface area (Å²) in [7, 11) is 0. The van der Waals surface area contributed by atoms with Gasteiger partial charge in [-0.15, -0.1) is 0 Å². The molecule has 0 aliphatic carbocycles. The highest BCUT2D eigenvalue weighted by atomic mass is 35.5. The molecule has 4 heteroatoms. The first-order valence-corrected chi connectivity index (χ1v) is 8.18. The fourth-order valence-electron chi connectivity index (χ4n) is 3.05. The molecule has 0 saturated heterocycles. The third-order valence-corrected chi connectivity index (χ3v) is 4.68. The van der Waals surface area contributed by atoms with Crippen LogP contribution in [-0.4, -0.2) is 18.0 Å². The number of carbonyl (C=O) groups excluding carboxylic acids is 1. The summed E-state index contributed by atoms with van der Waals surface area (Å²) in [5, 5.41) is 4.16. The van der Waals surface area contributed by atoms with Crippen LogP contribution in [0.3, 0.4) is 0 Å². The molecule has 2 atom stereocenters. The van der Waals surface area contributed by atoms with Crippen LogP contribution in [0.1, 0.15) is 37.5 Å². The maximum Gasteiger partial charge on any atom is 0.168 e. The molecule has 0 spiro atoms. The van der Waals surface area contributed by atoms with Gasteiger partial charge < -0.3 is 5.32 Å². The average molecular weight is 329 g/mol. The van der Waals surface area contributed by atoms with Crippen molar-refractivity contribution < 1.29 is 4.79 Å². The molecule has 2 aliphatic rings. The van der Waals surface area contributed by atoms with Gasteiger partial charge in [0.1, 0.15) is 0 Å². The molecule has 2 aliphatic heterocycles. The van der Waals surface area contributed by atoms with Crippen LogP contribution >= 0.6 is 11.6 Å². The number of allylic oxidation sites excluding steroid dienone is 1. The van der Waals surface area contributed by atoms with E-state index in [1.54, 1.807) is 18.5 Å². The number of rotatable bonds is 1. The maximum atomic E-state index is 12.4. The van der Waals surface area contributed by atoms with E-state index in [9.17, 15) is 4.79 Å². The van der Waals surface area contributed by atoms with E-state index in [1.165, 1.54) is 0 Å². The van der Waals surface area contributed by atoms with Gasteiger partial charge in [0.05, 0.1) is 12.0 Å². The Morgan fingerprint density at radius 3 is 2.70 bits per heavy atom. The van der Waals surface area contributed by atoms with Crippen LogP contribution in [0.25, 0.3) is 5.70 Å². The molecule has 1 N–H and O–H groups in total. The lowest BCUT2D eigenvalue weighted by atomic mass is 9.84. The molecule has 1 aromatic carbocycles. The van der Waals surface area contributed by atoms with Crippen molar-refractivity contribution in [2.45, 2.75) is 39.2 Å². The van der Waals surface area contributed by atoms with Crippen molar-refractivity contribution in [3.63, 3.8) is 0 Å². The lowest BCUT2D eigenvalue weighted by molar-refractivity contribution is -0.116. The van der Waals surface area contributed by atoms with Gasteiger partial charge in [0.2, 0.25) is 0 Å². The Balaban J connectivity index is 2.03. The predicted molar refractivity (Wildman–Crippen MR) is 95.9 cm³/mol. The summed E-state index contributed by atoms with van der Waals surface area (Å²) in [6.07, 6.45) is 7.03. The molecule has 0 bridgehead atoms. The smallest absolute Gasteiger partial charge is 0.168 e. The summed E-state index contributed by atoms with van der Waals surface area (Å²) in [5.41, 5.74) is 4.02. The average Bonchev–Trinajstić information content (AvgIpc) is 2.48. The largest absolute Gasteiger partial charge is 0.377 e. The molecule has 2 heterocycles. The first-order chi connectivity index (χ1) is 10.8. The number of nitrogens with one attached hydrogen (secondary N) is 1. The number of ketones is 1. The minimum absolute atomic E-state index is 0.0156. The fraction of sp³-hybridized carbons (Fsp3) is 0.368. The molecule has 120 valence electrons. The van der Waals surface area contributed by atoms with Gasteiger partial charge in [-0.3, -0.25) is 9.79 Å². The highest BCUT2D eigenvalue weighted by Gasteiger charge is 2.31. The van der Waals surface area contributed by atoms with E-state index in [2.05, 4.69) is 44.1 Å². The predicted octanol–water partition coefficient (Wildman–Crippen LogP) is 4.04. The van der Waals surface area contributed by atoms with E-state index in [0.717, 1.165) is 27.4 Å². The molecule has 0 radical (unpaired) electrons. The van der Waals surface area contributed by atoms with Crippen molar-refractivity contribution in [3.8, 4) is 0 Å². The molecule has 0 fully saturated rings. The minimum Gasteiger partial charge on any atom is -0.377 e. The van der Waals surface area contributed by atoms with Crippen molar-refractivity contribution in [2.75, 3.05) is 0 Å². The van der Waals surface area contributed by atoms with E-state index >= 15 is 0 Å². The van der Waals surface area contributed by atoms with E-state index < -0.39 is 0 Å². The Morgan fingerprint density at radius 2 is 2.00 bits per heavy atom. The summed E-state index contributed by atoms with van der Waals surface area (Å²) in [5.74, 6) is -0.138. The molecule has 1 aromatic rings. The quantitative estimate of drug-likeness (QED) is 0.845. The third-order valence-electron chi connectivity index (χ3n) is 4.36. The van der Waals surface area contributed by atoms with Crippen LogP contribution in [-0.2, 0) is 10.2 Å². The number of nitrogens with zero attached hydrogens (tertiary/aromatic N) is 1. The van der Waals surface area contributed by atoms with Crippen molar-refractivity contribution in [2.24, 2.45) is 10.9 Å². The first-order valence-electron chi connectivity index (χ1n) is 7.80. The Kier molecular flexibility index (Phi) is 3.93. The molecular weight excluding hydrogens is 308 g/mol. The second kappa shape index (κ2) is 5.64. The molecule has 3 rings (SSSR count). The number of aryl methyl sites for hydroxylation is 1. The van der Waals surface area contributed by atoms with Crippen LogP contribution in [0.4, 0.5) is 0 Å². The lowest BCUT2D eigenvalue weighted by Crippen LogP contribution is -2.43. The number of benzene rings is 1. The molecule has 0 aromatic heterocycles. The Bertz CT molecular complexity index is 753. The zero-order valence-corrected chi connectivity index (χ0v) is 14.6. The SMILES string of the molecule is Cc1cc(C(C)(C)C)c(Cl)cc1C1=CC(=O)C2C=NC=CC2N1. The second-order valence-corrected chi connectivity index (χ2v) is 7.60. The first kappa shape index (κ1) is 16.0. The van der Waals surface area contributed by atoms with Crippen LogP contribution in [0, 0.1) is 12.8 Å². The zero-order valence-electron chi connectivity index (χ0n) is 13.9. The van der Waals surface area contributed by atoms with E-state index in [0.29, 0.717) is 0 Å². The van der Waals surface area contributed by atoms with Gasteiger partial charge in [-0.25, -0.2) is 0 Å². The van der Waals surface area contributed by atoms with Crippen LogP contribution in [0.5, 0.6) is 0 Å². The standard InChI is InChI=1S/C19H21ClN2O/c1-11-7-14(19(2,3)4)15(20)8-12(11)17-9-18(23)13-10-21-6-5-16(13)22-17/h5-10,13,16,22H,1-4H3. The fourth-order valence-corrected chi connectivity index (χ4v) is 3.49. The van der Waals surface area contributed by atoms with Crippen molar-refractivity contribution >= 4 is 29.3 Å². The molecule has 23 heavy (non-hydrogen) atoms. The van der Waals surface area contributed by atoms with Crippen LogP contribution in [0.15, 0.2) is 35.5 Å². The number of carbonyl (C=O) groups is 1. The normalized spacial score (nSPS) is 23.3.